The van der Waals surface area contributed by atoms with Crippen LogP contribution in [0.4, 0.5) is 10.1 Å². The van der Waals surface area contributed by atoms with E-state index in [-0.39, 0.29) is 18.8 Å². The van der Waals surface area contributed by atoms with Crippen molar-refractivity contribution in [1.82, 2.24) is 5.32 Å². The number of nitrogens with one attached hydrogen (secondary N) is 1. The first-order chi connectivity index (χ1) is 8.99. The molecule has 0 aliphatic heterocycles. The molecule has 1 aromatic carbocycles. The van der Waals surface area contributed by atoms with E-state index >= 15 is 0 Å². The standard InChI is InChI=1S/C11H13FN2O5/c1-19-6-8(5-15)13-11(16)7-2-3-9(12)10(4-7)14(17)18/h2-4,8,15H,5-6H2,1H3,(H,13,16). The number of nitro groups is 1. The molecule has 0 heterocycles. The number of ether oxygens (including phenoxy) is 1. The van der Waals surface area contributed by atoms with E-state index in [2.05, 4.69) is 5.32 Å². The maximum atomic E-state index is 13.1. The van der Waals surface area contributed by atoms with Crippen LogP contribution in [0.25, 0.3) is 0 Å². The van der Waals surface area contributed by atoms with Gasteiger partial charge in [-0.05, 0) is 12.1 Å². The van der Waals surface area contributed by atoms with Gasteiger partial charge in [-0.2, -0.15) is 4.39 Å². The number of benzene rings is 1. The zero-order valence-corrected chi connectivity index (χ0v) is 10.1. The number of carbonyl (C=O) groups excluding carboxylic acids is 1. The number of hydrogen-bond acceptors (Lipinski definition) is 5. The van der Waals surface area contributed by atoms with E-state index in [4.69, 9.17) is 9.84 Å². The molecule has 104 valence electrons. The van der Waals surface area contributed by atoms with Crippen molar-refractivity contribution in [2.45, 2.75) is 6.04 Å². The summed E-state index contributed by atoms with van der Waals surface area (Å²) in [5, 5.41) is 21.9. The van der Waals surface area contributed by atoms with Gasteiger partial charge in [0.1, 0.15) is 0 Å². The van der Waals surface area contributed by atoms with E-state index < -0.39 is 28.4 Å². The molecule has 8 heteroatoms. The van der Waals surface area contributed by atoms with Crippen LogP contribution in [0.2, 0.25) is 0 Å². The highest BCUT2D eigenvalue weighted by molar-refractivity contribution is 5.95. The summed E-state index contributed by atoms with van der Waals surface area (Å²) in [4.78, 5) is 21.4. The summed E-state index contributed by atoms with van der Waals surface area (Å²) in [6.45, 7) is -0.256. The van der Waals surface area contributed by atoms with Gasteiger partial charge in [-0.1, -0.05) is 0 Å². The summed E-state index contributed by atoms with van der Waals surface area (Å²) in [6.07, 6.45) is 0. The number of rotatable bonds is 6. The molecule has 1 rings (SSSR count). The van der Waals surface area contributed by atoms with Gasteiger partial charge in [-0.25, -0.2) is 0 Å². The average Bonchev–Trinajstić information content (AvgIpc) is 2.38. The highest BCUT2D eigenvalue weighted by Gasteiger charge is 2.19. The molecular weight excluding hydrogens is 259 g/mol. The average molecular weight is 272 g/mol. The Morgan fingerprint density at radius 1 is 1.63 bits per heavy atom. The fourth-order valence-electron chi connectivity index (χ4n) is 1.40. The molecule has 1 aromatic rings. The Balaban J connectivity index is 2.88. The fraction of sp³-hybridized carbons (Fsp3) is 0.364. The molecule has 0 aromatic heterocycles. The summed E-state index contributed by atoms with van der Waals surface area (Å²) in [5.74, 6) is -1.67. The lowest BCUT2D eigenvalue weighted by Crippen LogP contribution is -2.40. The Bertz CT molecular complexity index is 480. The Morgan fingerprint density at radius 2 is 2.32 bits per heavy atom. The van der Waals surface area contributed by atoms with Crippen molar-refractivity contribution in [1.29, 1.82) is 0 Å². The Hall–Kier alpha value is -2.06. The van der Waals surface area contributed by atoms with Gasteiger partial charge in [0.2, 0.25) is 5.82 Å². The van der Waals surface area contributed by atoms with Crippen LogP contribution in [0, 0.1) is 15.9 Å². The van der Waals surface area contributed by atoms with Crippen LogP contribution in [-0.2, 0) is 4.74 Å². The number of hydrogen-bond donors (Lipinski definition) is 2. The molecule has 7 nitrogen and oxygen atoms in total. The quantitative estimate of drug-likeness (QED) is 0.579. The third-order valence-corrected chi connectivity index (χ3v) is 2.33. The van der Waals surface area contributed by atoms with Gasteiger partial charge in [0, 0.05) is 18.7 Å². The molecule has 0 saturated heterocycles. The van der Waals surface area contributed by atoms with Crippen LogP contribution in [0.1, 0.15) is 10.4 Å². The third kappa shape index (κ3) is 3.97. The molecule has 19 heavy (non-hydrogen) atoms. The lowest BCUT2D eigenvalue weighted by atomic mass is 10.1. The van der Waals surface area contributed by atoms with E-state index in [0.717, 1.165) is 18.2 Å². The molecule has 1 unspecified atom stereocenters. The molecule has 0 radical (unpaired) electrons. The Morgan fingerprint density at radius 3 is 2.84 bits per heavy atom. The summed E-state index contributed by atoms with van der Waals surface area (Å²) >= 11 is 0. The number of amides is 1. The lowest BCUT2D eigenvalue weighted by Gasteiger charge is -2.15. The molecule has 0 aliphatic rings. The van der Waals surface area contributed by atoms with Crippen LogP contribution in [0.15, 0.2) is 18.2 Å². The van der Waals surface area contributed by atoms with E-state index in [1.807, 2.05) is 0 Å². The van der Waals surface area contributed by atoms with Gasteiger partial charge >= 0.3 is 5.69 Å². The molecule has 0 bridgehead atoms. The van der Waals surface area contributed by atoms with Crippen LogP contribution in [0.5, 0.6) is 0 Å². The van der Waals surface area contributed by atoms with E-state index in [1.165, 1.54) is 7.11 Å². The second-order valence-corrected chi connectivity index (χ2v) is 3.73. The monoisotopic (exact) mass is 272 g/mol. The normalized spacial score (nSPS) is 11.9. The molecular formula is C11H13FN2O5. The number of aliphatic hydroxyl groups is 1. The number of nitrogens with zero attached hydrogens (tertiary/aromatic N) is 1. The second kappa shape index (κ2) is 6.76. The van der Waals surface area contributed by atoms with Gasteiger partial charge in [-0.3, -0.25) is 14.9 Å². The van der Waals surface area contributed by atoms with Gasteiger partial charge < -0.3 is 15.2 Å². The minimum absolute atomic E-state index is 0.0670. The predicted octanol–water partition coefficient (Wildman–Crippen LogP) is 0.471. The van der Waals surface area contributed by atoms with Crippen molar-refractivity contribution in [2.75, 3.05) is 20.3 Å². The molecule has 1 atom stereocenters. The number of methoxy groups -OCH3 is 1. The molecule has 0 saturated carbocycles. The van der Waals surface area contributed by atoms with Crippen LogP contribution < -0.4 is 5.32 Å². The van der Waals surface area contributed by atoms with Gasteiger partial charge in [0.25, 0.3) is 5.91 Å². The number of nitro benzene ring substituents is 1. The molecule has 1 amide bonds. The summed E-state index contributed by atoms with van der Waals surface area (Å²) in [6, 6.07) is 2.17. The molecule has 0 fully saturated rings. The van der Waals surface area contributed by atoms with Crippen molar-refractivity contribution < 1.29 is 24.0 Å². The van der Waals surface area contributed by atoms with Crippen molar-refractivity contribution in [3.8, 4) is 0 Å². The highest BCUT2D eigenvalue weighted by atomic mass is 19.1. The topological polar surface area (TPSA) is 102 Å². The lowest BCUT2D eigenvalue weighted by molar-refractivity contribution is -0.387. The first-order valence-corrected chi connectivity index (χ1v) is 5.34. The van der Waals surface area contributed by atoms with Crippen molar-refractivity contribution in [3.63, 3.8) is 0 Å². The Labute approximate surface area is 108 Å². The maximum absolute atomic E-state index is 13.1. The minimum Gasteiger partial charge on any atom is -0.394 e. The fourth-order valence-corrected chi connectivity index (χ4v) is 1.40. The first kappa shape index (κ1) is 15.0. The molecule has 2 N–H and O–H groups in total. The summed E-state index contributed by atoms with van der Waals surface area (Å²) in [5.41, 5.74) is -0.845. The SMILES string of the molecule is COCC(CO)NC(=O)c1ccc(F)c([N+](=O)[O-])c1. The zero-order chi connectivity index (χ0) is 14.4. The van der Waals surface area contributed by atoms with Gasteiger partial charge in [0.05, 0.1) is 24.2 Å². The largest absolute Gasteiger partial charge is 0.394 e. The van der Waals surface area contributed by atoms with Gasteiger partial charge in [0.15, 0.2) is 0 Å². The van der Waals surface area contributed by atoms with Crippen molar-refractivity contribution >= 4 is 11.6 Å². The summed E-state index contributed by atoms with van der Waals surface area (Å²) in [7, 11) is 1.40. The van der Waals surface area contributed by atoms with Crippen molar-refractivity contribution in [2.24, 2.45) is 0 Å². The predicted molar refractivity (Wildman–Crippen MR) is 63.3 cm³/mol. The maximum Gasteiger partial charge on any atom is 0.305 e. The molecule has 0 spiro atoms. The smallest absolute Gasteiger partial charge is 0.305 e. The van der Waals surface area contributed by atoms with E-state index in [9.17, 15) is 19.3 Å². The van der Waals surface area contributed by atoms with Gasteiger partial charge in [-0.15, -0.1) is 0 Å². The van der Waals surface area contributed by atoms with Crippen molar-refractivity contribution in [3.05, 3.63) is 39.7 Å². The van der Waals surface area contributed by atoms with E-state index in [1.54, 1.807) is 0 Å². The zero-order valence-electron chi connectivity index (χ0n) is 10.1. The van der Waals surface area contributed by atoms with E-state index in [0.29, 0.717) is 0 Å². The number of carbonyl (C=O) groups is 1. The third-order valence-electron chi connectivity index (χ3n) is 2.33. The summed E-state index contributed by atoms with van der Waals surface area (Å²) < 4.78 is 17.9. The van der Waals surface area contributed by atoms with Crippen LogP contribution in [0.3, 0.4) is 0 Å². The minimum atomic E-state index is -1.02. The molecule has 0 aliphatic carbocycles. The van der Waals surface area contributed by atoms with Crippen LogP contribution >= 0.6 is 0 Å². The second-order valence-electron chi connectivity index (χ2n) is 3.73. The Kier molecular flexibility index (Phi) is 5.34. The number of halogens is 1. The highest BCUT2D eigenvalue weighted by Crippen LogP contribution is 2.18. The first-order valence-electron chi connectivity index (χ1n) is 5.34. The number of aliphatic hydroxyl groups excluding tert-OH is 1. The van der Waals surface area contributed by atoms with Crippen LogP contribution in [-0.4, -0.2) is 42.3 Å².